The maximum Gasteiger partial charge on any atom is 0.368 e. The van der Waals surface area contributed by atoms with Crippen LogP contribution in [0.4, 0.5) is 21.9 Å². The van der Waals surface area contributed by atoms with Crippen LogP contribution in [0, 0.1) is 6.92 Å². The van der Waals surface area contributed by atoms with Gasteiger partial charge in [-0.3, -0.25) is 9.54 Å². The molecule has 0 saturated carbocycles. The molecule has 2 amide bonds. The molecule has 0 radical (unpaired) electrons. The number of aryl methyl sites for hydroxylation is 1. The summed E-state index contributed by atoms with van der Waals surface area (Å²) in [5.74, 6) is 0. The van der Waals surface area contributed by atoms with E-state index in [9.17, 15) is 17.8 Å². The second kappa shape index (κ2) is 7.49. The zero-order valence-electron chi connectivity index (χ0n) is 14.1. The van der Waals surface area contributed by atoms with Gasteiger partial charge < -0.3 is 10.6 Å². The third-order valence-electron chi connectivity index (χ3n) is 3.14. The van der Waals surface area contributed by atoms with Crippen LogP contribution in [-0.4, -0.2) is 30.0 Å². The quantitative estimate of drug-likeness (QED) is 0.704. The number of amides is 2. The Morgan fingerprint density at radius 1 is 1.28 bits per heavy atom. The molecule has 1 heterocycles. The van der Waals surface area contributed by atoms with E-state index >= 15 is 0 Å². The lowest BCUT2D eigenvalue weighted by molar-refractivity contribution is 0.246. The molecule has 1 aromatic carbocycles. The van der Waals surface area contributed by atoms with E-state index in [1.807, 2.05) is 25.1 Å². The van der Waals surface area contributed by atoms with Crippen molar-refractivity contribution in [3.63, 3.8) is 0 Å². The number of hydrogen-bond acceptors (Lipinski definition) is 5. The van der Waals surface area contributed by atoms with Gasteiger partial charge in [0.05, 0.1) is 11.9 Å². The van der Waals surface area contributed by atoms with E-state index in [1.165, 1.54) is 18.5 Å². The second-order valence-electron chi connectivity index (χ2n) is 5.73. The SMILES string of the molecule is Cc1cccc(Nc2ccncc2N(C(=O)NC(C)C)S(=O)(=O)O)c1. The minimum Gasteiger partial charge on any atom is -0.354 e. The number of carbonyl (C=O) groups excluding carboxylic acids is 1. The largest absolute Gasteiger partial charge is 0.368 e. The summed E-state index contributed by atoms with van der Waals surface area (Å²) < 4.78 is 33.4. The van der Waals surface area contributed by atoms with Gasteiger partial charge in [-0.05, 0) is 44.5 Å². The van der Waals surface area contributed by atoms with Gasteiger partial charge in [-0.15, -0.1) is 0 Å². The predicted octanol–water partition coefficient (Wildman–Crippen LogP) is 2.86. The van der Waals surface area contributed by atoms with E-state index in [1.54, 1.807) is 19.9 Å². The summed E-state index contributed by atoms with van der Waals surface area (Å²) in [5.41, 5.74) is 1.92. The molecule has 0 aliphatic carbocycles. The predicted molar refractivity (Wildman–Crippen MR) is 96.4 cm³/mol. The van der Waals surface area contributed by atoms with Gasteiger partial charge in [-0.2, -0.15) is 12.7 Å². The fourth-order valence-electron chi connectivity index (χ4n) is 2.18. The second-order valence-corrected chi connectivity index (χ2v) is 6.99. The highest BCUT2D eigenvalue weighted by Gasteiger charge is 2.30. The van der Waals surface area contributed by atoms with Crippen LogP contribution >= 0.6 is 0 Å². The molecule has 1 aromatic heterocycles. The molecule has 25 heavy (non-hydrogen) atoms. The molecule has 0 fully saturated rings. The Bertz CT molecular complexity index is 868. The van der Waals surface area contributed by atoms with Gasteiger partial charge >= 0.3 is 16.3 Å². The Morgan fingerprint density at radius 3 is 2.60 bits per heavy atom. The summed E-state index contributed by atoms with van der Waals surface area (Å²) >= 11 is 0. The van der Waals surface area contributed by atoms with Gasteiger partial charge in [0, 0.05) is 17.9 Å². The maximum absolute atomic E-state index is 12.3. The van der Waals surface area contributed by atoms with E-state index in [4.69, 9.17) is 0 Å². The Hall–Kier alpha value is -2.65. The molecule has 0 atom stereocenters. The van der Waals surface area contributed by atoms with Crippen molar-refractivity contribution >= 4 is 33.4 Å². The Morgan fingerprint density at radius 2 is 2.00 bits per heavy atom. The Balaban J connectivity index is 2.47. The third-order valence-corrected chi connectivity index (χ3v) is 3.97. The number of nitrogens with one attached hydrogen (secondary N) is 2. The fraction of sp³-hybridized carbons (Fsp3) is 0.250. The third kappa shape index (κ3) is 4.91. The smallest absolute Gasteiger partial charge is 0.354 e. The van der Waals surface area contributed by atoms with Crippen LogP contribution in [0.2, 0.25) is 0 Å². The van der Waals surface area contributed by atoms with Crippen molar-refractivity contribution in [1.29, 1.82) is 0 Å². The van der Waals surface area contributed by atoms with Crippen molar-refractivity contribution in [2.75, 3.05) is 9.62 Å². The van der Waals surface area contributed by atoms with E-state index in [0.29, 0.717) is 11.4 Å². The number of anilines is 3. The lowest BCUT2D eigenvalue weighted by Gasteiger charge is -2.23. The molecule has 3 N–H and O–H groups in total. The van der Waals surface area contributed by atoms with Gasteiger partial charge in [0.1, 0.15) is 5.69 Å². The summed E-state index contributed by atoms with van der Waals surface area (Å²) in [6, 6.07) is 7.63. The summed E-state index contributed by atoms with van der Waals surface area (Å²) in [6.07, 6.45) is 2.63. The van der Waals surface area contributed by atoms with Crippen molar-refractivity contribution in [3.05, 3.63) is 48.3 Å². The number of hydrogen-bond donors (Lipinski definition) is 3. The molecule has 0 aliphatic rings. The average molecular weight is 364 g/mol. The molecule has 134 valence electrons. The lowest BCUT2D eigenvalue weighted by Crippen LogP contribution is -2.46. The average Bonchev–Trinajstić information content (AvgIpc) is 2.47. The number of benzene rings is 1. The number of carbonyl (C=O) groups is 1. The minimum atomic E-state index is -4.84. The molecular formula is C16H20N4O4S. The molecule has 9 heteroatoms. The maximum atomic E-state index is 12.3. The van der Waals surface area contributed by atoms with E-state index in [-0.39, 0.29) is 16.0 Å². The van der Waals surface area contributed by atoms with Crippen molar-refractivity contribution in [3.8, 4) is 0 Å². The summed E-state index contributed by atoms with van der Waals surface area (Å²) in [6.45, 7) is 5.27. The highest BCUT2D eigenvalue weighted by atomic mass is 32.2. The highest BCUT2D eigenvalue weighted by Crippen LogP contribution is 2.29. The summed E-state index contributed by atoms with van der Waals surface area (Å²) in [4.78, 5) is 16.1. The number of rotatable bonds is 5. The highest BCUT2D eigenvalue weighted by molar-refractivity contribution is 7.88. The lowest BCUT2D eigenvalue weighted by atomic mass is 10.2. The van der Waals surface area contributed by atoms with Gasteiger partial charge in [-0.25, -0.2) is 4.79 Å². The van der Waals surface area contributed by atoms with Gasteiger partial charge in [-0.1, -0.05) is 12.1 Å². The molecule has 8 nitrogen and oxygen atoms in total. The van der Waals surface area contributed by atoms with Crippen molar-refractivity contribution in [2.45, 2.75) is 26.8 Å². The van der Waals surface area contributed by atoms with Crippen LogP contribution in [0.1, 0.15) is 19.4 Å². The molecule has 0 aliphatic heterocycles. The molecule has 0 saturated heterocycles. The van der Waals surface area contributed by atoms with E-state index in [0.717, 1.165) is 5.56 Å². The van der Waals surface area contributed by atoms with Crippen LogP contribution < -0.4 is 14.9 Å². The first-order chi connectivity index (χ1) is 11.7. The summed E-state index contributed by atoms with van der Waals surface area (Å²) in [5, 5.41) is 5.48. The van der Waals surface area contributed by atoms with E-state index in [2.05, 4.69) is 15.6 Å². The van der Waals surface area contributed by atoms with Crippen LogP contribution in [0.5, 0.6) is 0 Å². The Labute approximate surface area is 146 Å². The Kier molecular flexibility index (Phi) is 5.60. The first-order valence-corrected chi connectivity index (χ1v) is 8.94. The topological polar surface area (TPSA) is 112 Å². The molecule has 2 rings (SSSR count). The zero-order valence-corrected chi connectivity index (χ0v) is 14.9. The van der Waals surface area contributed by atoms with Crippen LogP contribution in [0.15, 0.2) is 42.7 Å². The monoisotopic (exact) mass is 364 g/mol. The van der Waals surface area contributed by atoms with Gasteiger partial charge in [0.2, 0.25) is 0 Å². The van der Waals surface area contributed by atoms with Gasteiger partial charge in [0.25, 0.3) is 0 Å². The zero-order chi connectivity index (χ0) is 18.6. The molecular weight excluding hydrogens is 344 g/mol. The summed E-state index contributed by atoms with van der Waals surface area (Å²) in [7, 11) is -4.84. The van der Waals surface area contributed by atoms with E-state index < -0.39 is 16.3 Å². The van der Waals surface area contributed by atoms with Gasteiger partial charge in [0.15, 0.2) is 0 Å². The number of pyridine rings is 1. The normalized spacial score (nSPS) is 11.2. The first-order valence-electron chi connectivity index (χ1n) is 7.54. The first kappa shape index (κ1) is 18.7. The minimum absolute atomic E-state index is 0.0929. The molecule has 0 unspecified atom stereocenters. The fourth-order valence-corrected chi connectivity index (χ4v) is 2.83. The molecule has 0 spiro atoms. The van der Waals surface area contributed by atoms with Crippen molar-refractivity contribution < 1.29 is 17.8 Å². The molecule has 2 aromatic rings. The van der Waals surface area contributed by atoms with Crippen molar-refractivity contribution in [2.24, 2.45) is 0 Å². The van der Waals surface area contributed by atoms with Crippen molar-refractivity contribution in [1.82, 2.24) is 10.3 Å². The van der Waals surface area contributed by atoms with Crippen LogP contribution in [-0.2, 0) is 10.3 Å². The number of nitrogens with zero attached hydrogens (tertiary/aromatic N) is 2. The standard InChI is InChI=1S/C16H20N4O4S/c1-11(2)18-16(21)20(25(22,23)24)15-10-17-8-7-14(15)19-13-6-4-5-12(3)9-13/h4-11H,1-3H3,(H,17,19)(H,18,21)(H,22,23,24). The van der Waals surface area contributed by atoms with Crippen LogP contribution in [0.25, 0.3) is 0 Å². The van der Waals surface area contributed by atoms with Crippen LogP contribution in [0.3, 0.4) is 0 Å². The number of aromatic nitrogens is 1. The number of urea groups is 1. The molecule has 0 bridgehead atoms.